The lowest BCUT2D eigenvalue weighted by Crippen LogP contribution is -2.30. The van der Waals surface area contributed by atoms with Gasteiger partial charge in [-0.25, -0.2) is 9.13 Å². The van der Waals surface area contributed by atoms with E-state index in [9.17, 15) is 43.2 Å². The number of hydrogen-bond donors (Lipinski definition) is 3. The number of hydrogen-bond acceptors (Lipinski definition) is 15. The number of esters is 4. The van der Waals surface area contributed by atoms with E-state index in [0.717, 1.165) is 109 Å². The molecular formula is C80H152O17P2. The molecule has 0 aromatic carbocycles. The van der Waals surface area contributed by atoms with E-state index >= 15 is 0 Å². The summed E-state index contributed by atoms with van der Waals surface area (Å²) in [5.41, 5.74) is 0. The smallest absolute Gasteiger partial charge is 0.462 e. The molecule has 99 heavy (non-hydrogen) atoms. The standard InChI is InChI=1S/C80H152O17P2/c1-6-9-12-15-18-21-23-25-27-28-29-31-37-41-46-51-56-61-66-80(85)97-76(70-91-78(83)64-59-54-49-44-39-35-33-32-34-38-43-47-52-57-62-73(4)5)72-95-99(88,89)93-68-74(81)67-92-98(86,87)94-71-75(69-90-77(82)63-58-53-48-42-20-17-14-11-8-3)96-79(84)65-60-55-50-45-40-36-30-26-24-22-19-16-13-10-7-2/h22,24,26,30,73-76,81H,6-21,23,25,27-29,31-72H2,1-5H3,(H,86,87)(H,88,89)/b24-22-,30-26-/t74-,75+,76+/m0/s1. The molecule has 0 aliphatic rings. The van der Waals surface area contributed by atoms with Crippen LogP contribution in [-0.2, 0) is 65.4 Å². The van der Waals surface area contributed by atoms with Crippen molar-refractivity contribution >= 4 is 39.5 Å². The van der Waals surface area contributed by atoms with Gasteiger partial charge in [0.15, 0.2) is 12.2 Å². The van der Waals surface area contributed by atoms with Gasteiger partial charge >= 0.3 is 39.5 Å². The van der Waals surface area contributed by atoms with Gasteiger partial charge in [-0.1, -0.05) is 348 Å². The number of carbonyl (C=O) groups excluding carboxylic acids is 4. The number of aliphatic hydroxyl groups is 1. The van der Waals surface area contributed by atoms with Crippen LogP contribution < -0.4 is 0 Å². The Kier molecular flexibility index (Phi) is 70.7. The summed E-state index contributed by atoms with van der Waals surface area (Å²) in [6.45, 7) is 7.26. The van der Waals surface area contributed by atoms with E-state index < -0.39 is 97.5 Å². The topological polar surface area (TPSA) is 237 Å². The van der Waals surface area contributed by atoms with E-state index in [-0.39, 0.29) is 25.7 Å². The summed E-state index contributed by atoms with van der Waals surface area (Å²) in [6.07, 6.45) is 66.0. The lowest BCUT2D eigenvalue weighted by Gasteiger charge is -2.21. The van der Waals surface area contributed by atoms with E-state index in [1.165, 1.54) is 212 Å². The number of aliphatic hydroxyl groups excluding tert-OH is 1. The number of carbonyl (C=O) groups is 4. The Labute approximate surface area is 605 Å². The minimum atomic E-state index is -4.96. The van der Waals surface area contributed by atoms with Crippen molar-refractivity contribution in [1.29, 1.82) is 0 Å². The SMILES string of the molecule is CCCCCC/C=C\C=C/CCCCCCCC(=O)O[C@H](COC(=O)CCCCCCCCCCC)COP(=O)(O)OC[C@H](O)COP(=O)(O)OC[C@@H](COC(=O)CCCCCCCCCCCCCCCCC(C)C)OC(=O)CCCCCCCCCCCCCCCCCCCC. The summed E-state index contributed by atoms with van der Waals surface area (Å²) in [5, 5.41) is 10.6. The molecule has 17 nitrogen and oxygen atoms in total. The third-order valence-corrected chi connectivity index (χ3v) is 20.1. The molecule has 584 valence electrons. The summed E-state index contributed by atoms with van der Waals surface area (Å²) in [7, 11) is -9.93. The largest absolute Gasteiger partial charge is 0.472 e. The van der Waals surface area contributed by atoms with Crippen molar-refractivity contribution in [2.24, 2.45) is 5.92 Å². The molecule has 0 rings (SSSR count). The zero-order valence-electron chi connectivity index (χ0n) is 64.1. The first-order chi connectivity index (χ1) is 48.0. The molecule has 0 spiro atoms. The molecule has 0 saturated heterocycles. The number of unbranched alkanes of at least 4 members (excludes halogenated alkanes) is 47. The first kappa shape index (κ1) is 96.5. The van der Waals surface area contributed by atoms with Gasteiger partial charge in [0.25, 0.3) is 0 Å². The summed E-state index contributed by atoms with van der Waals surface area (Å²) in [4.78, 5) is 72.9. The van der Waals surface area contributed by atoms with Crippen molar-refractivity contribution in [1.82, 2.24) is 0 Å². The van der Waals surface area contributed by atoms with Gasteiger partial charge in [0.05, 0.1) is 26.4 Å². The zero-order chi connectivity index (χ0) is 72.7. The van der Waals surface area contributed by atoms with Crippen molar-refractivity contribution in [2.45, 2.75) is 419 Å². The van der Waals surface area contributed by atoms with Crippen LogP contribution in [0.2, 0.25) is 0 Å². The molecule has 0 radical (unpaired) electrons. The van der Waals surface area contributed by atoms with Crippen molar-refractivity contribution in [3.63, 3.8) is 0 Å². The van der Waals surface area contributed by atoms with E-state index in [0.29, 0.717) is 25.7 Å². The maximum Gasteiger partial charge on any atom is 0.472 e. The third kappa shape index (κ3) is 73.6. The molecule has 3 N–H and O–H groups in total. The lowest BCUT2D eigenvalue weighted by atomic mass is 10.0. The average molecular weight is 1450 g/mol. The van der Waals surface area contributed by atoms with Crippen LogP contribution in [0, 0.1) is 5.92 Å². The van der Waals surface area contributed by atoms with Crippen molar-refractivity contribution in [3.05, 3.63) is 24.3 Å². The molecule has 0 aromatic heterocycles. The average Bonchev–Trinajstić information content (AvgIpc) is 1.09. The normalized spacial score (nSPS) is 14.0. The first-order valence-corrected chi connectivity index (χ1v) is 43.9. The minimum absolute atomic E-state index is 0.0854. The Balaban J connectivity index is 5.26. The maximum absolute atomic E-state index is 13.1. The molecule has 0 aliphatic heterocycles. The van der Waals surface area contributed by atoms with Crippen molar-refractivity contribution < 1.29 is 80.2 Å². The van der Waals surface area contributed by atoms with Gasteiger partial charge in [0.2, 0.25) is 0 Å². The fraction of sp³-hybridized carbons (Fsp3) is 0.900. The van der Waals surface area contributed by atoms with Crippen LogP contribution in [0.1, 0.15) is 401 Å². The second kappa shape index (κ2) is 72.5. The second-order valence-electron chi connectivity index (χ2n) is 28.6. The van der Waals surface area contributed by atoms with Gasteiger partial charge < -0.3 is 33.8 Å². The highest BCUT2D eigenvalue weighted by Crippen LogP contribution is 2.45. The number of phosphoric acid groups is 2. The molecule has 0 aromatic rings. The minimum Gasteiger partial charge on any atom is -0.462 e. The Bertz CT molecular complexity index is 1990. The van der Waals surface area contributed by atoms with E-state index in [2.05, 4.69) is 58.9 Å². The molecule has 0 amide bonds. The molecule has 0 saturated carbocycles. The van der Waals surface area contributed by atoms with Gasteiger partial charge in [0, 0.05) is 25.7 Å². The van der Waals surface area contributed by atoms with Crippen LogP contribution in [0.15, 0.2) is 24.3 Å². The molecule has 0 aliphatic carbocycles. The van der Waals surface area contributed by atoms with Gasteiger partial charge in [-0.3, -0.25) is 37.3 Å². The molecular weight excluding hydrogens is 1290 g/mol. The molecule has 2 unspecified atom stereocenters. The van der Waals surface area contributed by atoms with Gasteiger partial charge in [-0.05, 0) is 57.3 Å². The quantitative estimate of drug-likeness (QED) is 0.0169. The predicted molar refractivity (Wildman–Crippen MR) is 404 cm³/mol. The highest BCUT2D eigenvalue weighted by molar-refractivity contribution is 7.47. The van der Waals surface area contributed by atoms with Crippen molar-refractivity contribution in [2.75, 3.05) is 39.6 Å². The third-order valence-electron chi connectivity index (χ3n) is 18.2. The van der Waals surface area contributed by atoms with Crippen LogP contribution >= 0.6 is 15.6 Å². The van der Waals surface area contributed by atoms with Crippen LogP contribution in [-0.4, -0.2) is 96.7 Å². The fourth-order valence-corrected chi connectivity index (χ4v) is 13.4. The number of rotatable bonds is 78. The number of ether oxygens (including phenoxy) is 4. The highest BCUT2D eigenvalue weighted by atomic mass is 31.2. The van der Waals surface area contributed by atoms with Crippen LogP contribution in [0.5, 0.6) is 0 Å². The van der Waals surface area contributed by atoms with Gasteiger partial charge in [-0.15, -0.1) is 0 Å². The Morgan fingerprint density at radius 3 is 0.828 bits per heavy atom. The van der Waals surface area contributed by atoms with E-state index in [4.69, 9.17) is 37.0 Å². The Hall–Kier alpha value is -2.46. The van der Waals surface area contributed by atoms with Crippen LogP contribution in [0.3, 0.4) is 0 Å². The number of phosphoric ester groups is 2. The molecule has 0 heterocycles. The first-order valence-electron chi connectivity index (χ1n) is 41.0. The van der Waals surface area contributed by atoms with Crippen LogP contribution in [0.4, 0.5) is 0 Å². The lowest BCUT2D eigenvalue weighted by molar-refractivity contribution is -0.161. The Morgan fingerprint density at radius 1 is 0.313 bits per heavy atom. The molecule has 19 heteroatoms. The highest BCUT2D eigenvalue weighted by Gasteiger charge is 2.30. The van der Waals surface area contributed by atoms with E-state index in [1.54, 1.807) is 0 Å². The van der Waals surface area contributed by atoms with Crippen LogP contribution in [0.25, 0.3) is 0 Å². The summed E-state index contributed by atoms with van der Waals surface area (Å²) < 4.78 is 68.6. The molecule has 0 bridgehead atoms. The fourth-order valence-electron chi connectivity index (χ4n) is 11.9. The summed E-state index contributed by atoms with van der Waals surface area (Å²) in [5.74, 6) is -1.34. The predicted octanol–water partition coefficient (Wildman–Crippen LogP) is 23.6. The van der Waals surface area contributed by atoms with Gasteiger partial charge in [-0.2, -0.15) is 0 Å². The van der Waals surface area contributed by atoms with E-state index in [1.807, 2.05) is 0 Å². The van der Waals surface area contributed by atoms with Crippen molar-refractivity contribution in [3.8, 4) is 0 Å². The summed E-state index contributed by atoms with van der Waals surface area (Å²) >= 11 is 0. The maximum atomic E-state index is 13.1. The number of allylic oxidation sites excluding steroid dienone is 4. The summed E-state index contributed by atoms with van der Waals surface area (Å²) in [6, 6.07) is 0. The monoisotopic (exact) mass is 1450 g/mol. The second-order valence-corrected chi connectivity index (χ2v) is 31.5. The molecule has 5 atom stereocenters. The zero-order valence-corrected chi connectivity index (χ0v) is 65.9. The molecule has 0 fully saturated rings. The van der Waals surface area contributed by atoms with Gasteiger partial charge in [0.1, 0.15) is 19.3 Å². The Morgan fingerprint density at radius 2 is 0.545 bits per heavy atom.